The van der Waals surface area contributed by atoms with Gasteiger partial charge in [0.1, 0.15) is 0 Å². The van der Waals surface area contributed by atoms with Crippen molar-refractivity contribution in [2.75, 3.05) is 13.3 Å². The molecule has 1 aliphatic heterocycles. The Morgan fingerprint density at radius 2 is 1.77 bits per heavy atom. The maximum absolute atomic E-state index is 12.2. The smallest absolute Gasteiger partial charge is 0.348 e. The predicted octanol–water partition coefficient (Wildman–Crippen LogP) is 4.39. The topological polar surface area (TPSA) is 143 Å². The second-order valence-electron chi connectivity index (χ2n) is 8.37. The van der Waals surface area contributed by atoms with Gasteiger partial charge in [-0.05, 0) is 35.3 Å². The fourth-order valence-electron chi connectivity index (χ4n) is 4.00. The van der Waals surface area contributed by atoms with E-state index in [2.05, 4.69) is 33.6 Å². The first-order valence-electron chi connectivity index (χ1n) is 9.30. The Kier molecular flexibility index (Phi) is 7.53. The van der Waals surface area contributed by atoms with Gasteiger partial charge in [-0.3, -0.25) is 9.09 Å². The molecule has 3 N–H and O–H groups in total. The Hall–Kier alpha value is -0.530. The number of phosphoric ester groups is 1. The number of hydrogen-bond donors (Lipinski definition) is 3. The third-order valence-corrected chi connectivity index (χ3v) is 9.96. The molecule has 7 atom stereocenters. The molecule has 13 heteroatoms. The summed E-state index contributed by atoms with van der Waals surface area (Å²) in [6.45, 7) is 14.4. The minimum absolute atomic E-state index is 0.0688. The summed E-state index contributed by atoms with van der Waals surface area (Å²) < 4.78 is 48.1. The fourth-order valence-corrected chi connectivity index (χ4v) is 7.61. The van der Waals surface area contributed by atoms with Crippen LogP contribution in [0.1, 0.15) is 33.6 Å². The van der Waals surface area contributed by atoms with E-state index in [-0.39, 0.29) is 24.5 Å². The van der Waals surface area contributed by atoms with Gasteiger partial charge in [-0.25, -0.2) is 13.4 Å². The van der Waals surface area contributed by atoms with Crippen molar-refractivity contribution >= 4 is 23.2 Å². The molecule has 0 amide bonds. The molecule has 0 saturated heterocycles. The largest absolute Gasteiger partial charge is 0.488 e. The standard InChI is InChI=1S/C17H30NO9P3/c1-12-7-8-18(13(2)9-12)16-10-17(5,15(4)14(16)3)11-25-29(21,22)27-30(23,24)26-28(6,19)20/h7-8,14-16H,1-2,9-11H2,3-6H3,(H,19,20)(H,21,22)(H,23,24). The summed E-state index contributed by atoms with van der Waals surface area (Å²) in [6, 6.07) is 0.0806. The van der Waals surface area contributed by atoms with Gasteiger partial charge >= 0.3 is 23.2 Å². The molecule has 2 rings (SSSR count). The number of allylic oxidation sites excluding steroid dienone is 2. The fraction of sp³-hybridized carbons (Fsp3) is 0.647. The van der Waals surface area contributed by atoms with Crippen LogP contribution in [-0.2, 0) is 26.8 Å². The van der Waals surface area contributed by atoms with E-state index < -0.39 is 28.7 Å². The van der Waals surface area contributed by atoms with Gasteiger partial charge in [0.25, 0.3) is 0 Å². The van der Waals surface area contributed by atoms with Crippen LogP contribution >= 0.6 is 23.2 Å². The quantitative estimate of drug-likeness (QED) is 0.424. The van der Waals surface area contributed by atoms with Crippen molar-refractivity contribution < 1.29 is 41.5 Å². The van der Waals surface area contributed by atoms with Crippen LogP contribution in [0.2, 0.25) is 0 Å². The molecule has 0 aromatic rings. The van der Waals surface area contributed by atoms with Gasteiger partial charge in [0, 0.05) is 31.0 Å². The number of hydrogen-bond acceptors (Lipinski definition) is 7. The lowest BCUT2D eigenvalue weighted by Crippen LogP contribution is -2.34. The molecule has 1 aliphatic carbocycles. The van der Waals surface area contributed by atoms with Gasteiger partial charge in [-0.1, -0.05) is 33.9 Å². The maximum Gasteiger partial charge on any atom is 0.488 e. The summed E-state index contributed by atoms with van der Waals surface area (Å²) in [5.41, 5.74) is 1.33. The first-order valence-corrected chi connectivity index (χ1v) is 14.3. The van der Waals surface area contributed by atoms with E-state index in [4.69, 9.17) is 9.42 Å². The van der Waals surface area contributed by atoms with Gasteiger partial charge in [0.05, 0.1) is 6.61 Å². The molecule has 0 aromatic heterocycles. The normalized spacial score (nSPS) is 35.7. The zero-order chi connectivity index (χ0) is 23.1. The van der Waals surface area contributed by atoms with Crippen LogP contribution in [0.4, 0.5) is 0 Å². The highest BCUT2D eigenvalue weighted by atomic mass is 31.3. The molecule has 1 fully saturated rings. The summed E-state index contributed by atoms with van der Waals surface area (Å²) in [7, 11) is -14.8. The van der Waals surface area contributed by atoms with Crippen molar-refractivity contribution in [3.8, 4) is 0 Å². The van der Waals surface area contributed by atoms with E-state index in [1.54, 1.807) is 0 Å². The van der Waals surface area contributed by atoms with Crippen LogP contribution in [0.5, 0.6) is 0 Å². The van der Waals surface area contributed by atoms with Crippen LogP contribution in [0.25, 0.3) is 0 Å². The van der Waals surface area contributed by atoms with Crippen LogP contribution in [0.3, 0.4) is 0 Å². The SMILES string of the molecule is C=C1C=CN(C2CC(C)(COP(=O)(O)OP(=O)(O)OP(C)(=O)O)C(C)C2C)C(=C)C1. The summed E-state index contributed by atoms with van der Waals surface area (Å²) in [4.78, 5) is 30.4. The molecular weight excluding hydrogens is 455 g/mol. The number of phosphoric acid groups is 2. The molecule has 0 spiro atoms. The molecule has 30 heavy (non-hydrogen) atoms. The highest BCUT2D eigenvalue weighted by molar-refractivity contribution is 7.68. The molecule has 0 bridgehead atoms. The van der Waals surface area contributed by atoms with E-state index in [0.29, 0.717) is 19.5 Å². The molecule has 0 radical (unpaired) electrons. The monoisotopic (exact) mass is 485 g/mol. The molecule has 1 heterocycles. The highest BCUT2D eigenvalue weighted by Crippen LogP contribution is 2.67. The van der Waals surface area contributed by atoms with Crippen molar-refractivity contribution in [2.45, 2.75) is 39.7 Å². The summed E-state index contributed by atoms with van der Waals surface area (Å²) in [5, 5.41) is 0. The van der Waals surface area contributed by atoms with Crippen molar-refractivity contribution in [2.24, 2.45) is 17.3 Å². The van der Waals surface area contributed by atoms with E-state index >= 15 is 0 Å². The molecule has 7 unspecified atom stereocenters. The highest BCUT2D eigenvalue weighted by Gasteiger charge is 2.50. The van der Waals surface area contributed by atoms with E-state index in [0.717, 1.165) is 11.3 Å². The second kappa shape index (κ2) is 8.78. The van der Waals surface area contributed by atoms with Crippen molar-refractivity contribution in [3.63, 3.8) is 0 Å². The number of rotatable bonds is 8. The third kappa shape index (κ3) is 6.49. The molecule has 0 aromatic carbocycles. The van der Waals surface area contributed by atoms with Crippen LogP contribution in [-0.4, -0.2) is 38.9 Å². The van der Waals surface area contributed by atoms with Crippen molar-refractivity contribution in [3.05, 3.63) is 36.7 Å². The first kappa shape index (κ1) is 25.7. The molecule has 10 nitrogen and oxygen atoms in total. The van der Waals surface area contributed by atoms with Gasteiger partial charge in [-0.2, -0.15) is 4.31 Å². The number of nitrogens with zero attached hydrogens (tertiary/aromatic N) is 1. The first-order chi connectivity index (χ1) is 13.4. The van der Waals surface area contributed by atoms with Crippen molar-refractivity contribution in [1.29, 1.82) is 0 Å². The Morgan fingerprint density at radius 1 is 1.17 bits per heavy atom. The van der Waals surface area contributed by atoms with Crippen LogP contribution in [0.15, 0.2) is 36.7 Å². The average Bonchev–Trinajstić information content (AvgIpc) is 2.75. The Labute approximate surface area is 177 Å². The van der Waals surface area contributed by atoms with Gasteiger partial charge in [0.2, 0.25) is 0 Å². The lowest BCUT2D eigenvalue weighted by molar-refractivity contribution is 0.0848. The van der Waals surface area contributed by atoms with E-state index in [9.17, 15) is 23.5 Å². The van der Waals surface area contributed by atoms with Gasteiger partial charge in [0.15, 0.2) is 0 Å². The van der Waals surface area contributed by atoms with Gasteiger partial charge < -0.3 is 19.6 Å². The second-order valence-corrected chi connectivity index (χ2v) is 13.4. The zero-order valence-corrected chi connectivity index (χ0v) is 20.2. The molecular formula is C17H30NO9P3. The summed E-state index contributed by atoms with van der Waals surface area (Å²) >= 11 is 0. The van der Waals surface area contributed by atoms with Gasteiger partial charge in [-0.15, -0.1) is 0 Å². The predicted molar refractivity (Wildman–Crippen MR) is 112 cm³/mol. The maximum atomic E-state index is 12.2. The zero-order valence-electron chi connectivity index (χ0n) is 17.5. The van der Waals surface area contributed by atoms with E-state index in [1.165, 1.54) is 0 Å². The lowest BCUT2D eigenvalue weighted by atomic mass is 9.79. The Balaban J connectivity index is 2.08. The minimum Gasteiger partial charge on any atom is -0.348 e. The molecule has 1 saturated carbocycles. The van der Waals surface area contributed by atoms with Crippen molar-refractivity contribution in [1.82, 2.24) is 4.90 Å². The third-order valence-electron chi connectivity index (χ3n) is 5.81. The Morgan fingerprint density at radius 3 is 2.30 bits per heavy atom. The summed E-state index contributed by atoms with van der Waals surface area (Å²) in [6.07, 6.45) is 5.14. The molecule has 172 valence electrons. The van der Waals surface area contributed by atoms with E-state index in [1.807, 2.05) is 26.1 Å². The molecule has 2 aliphatic rings. The van der Waals surface area contributed by atoms with Crippen LogP contribution in [0, 0.1) is 17.3 Å². The lowest BCUT2D eigenvalue weighted by Gasteiger charge is -2.35. The minimum atomic E-state index is -5.28. The van der Waals surface area contributed by atoms with Crippen LogP contribution < -0.4 is 0 Å². The summed E-state index contributed by atoms with van der Waals surface area (Å²) in [5.74, 6) is 0.261. The Bertz CT molecular complexity index is 882. The average molecular weight is 485 g/mol.